The molecule has 0 N–H and O–H groups in total. The average molecular weight is 404 g/mol. The average Bonchev–Trinajstić information content (AvgIpc) is 2.97. The van der Waals surface area contributed by atoms with Crippen molar-refractivity contribution in [3.8, 4) is 16.9 Å². The Labute approximate surface area is 162 Å². The Kier molecular flexibility index (Phi) is 5.39. The van der Waals surface area contributed by atoms with Gasteiger partial charge in [-0.2, -0.15) is 0 Å². The number of ether oxygens (including phenoxy) is 1. The number of carbonyl (C=O) groups is 1. The van der Waals surface area contributed by atoms with Crippen LogP contribution in [0.15, 0.2) is 65.6 Å². The third-order valence-electron chi connectivity index (χ3n) is 4.15. The first-order valence-electron chi connectivity index (χ1n) is 8.34. The molecule has 0 fully saturated rings. The summed E-state index contributed by atoms with van der Waals surface area (Å²) in [4.78, 5) is 12.4. The van der Waals surface area contributed by atoms with Crippen molar-refractivity contribution in [2.45, 2.75) is 18.7 Å². The van der Waals surface area contributed by atoms with Crippen LogP contribution in [-0.2, 0) is 13.8 Å². The molecule has 3 rings (SSSR count). The maximum Gasteiger partial charge on any atom is 0.341 e. The maximum absolute atomic E-state index is 12.6. The summed E-state index contributed by atoms with van der Waals surface area (Å²) in [5.41, 5.74) is 2.06. The van der Waals surface area contributed by atoms with E-state index in [2.05, 4.69) is 0 Å². The second-order valence-electron chi connectivity index (χ2n) is 5.83. The Bertz CT molecular complexity index is 1070. The van der Waals surface area contributed by atoms with Crippen LogP contribution >= 0.6 is 10.7 Å². The van der Waals surface area contributed by atoms with Gasteiger partial charge in [-0.15, -0.1) is 0 Å². The van der Waals surface area contributed by atoms with Crippen LogP contribution in [0.4, 0.5) is 0 Å². The summed E-state index contributed by atoms with van der Waals surface area (Å²) in [6.45, 7) is 3.46. The SMILES string of the molecule is CCOC(=O)c1c(S(=O)(=O)Cl)c(-c2ccccc2)n(-c2ccccc2)c1C. The number of aromatic nitrogens is 1. The van der Waals surface area contributed by atoms with Gasteiger partial charge < -0.3 is 9.30 Å². The lowest BCUT2D eigenvalue weighted by molar-refractivity contribution is 0.0521. The molecular formula is C20H18ClNO4S. The first kappa shape index (κ1) is 19.2. The van der Waals surface area contributed by atoms with Gasteiger partial charge in [-0.3, -0.25) is 0 Å². The molecule has 0 radical (unpaired) electrons. The van der Waals surface area contributed by atoms with E-state index in [1.807, 2.05) is 36.4 Å². The number of para-hydroxylation sites is 1. The molecule has 0 bridgehead atoms. The van der Waals surface area contributed by atoms with E-state index in [1.165, 1.54) is 0 Å². The second-order valence-corrected chi connectivity index (χ2v) is 8.34. The Morgan fingerprint density at radius 3 is 2.11 bits per heavy atom. The number of halogens is 1. The zero-order valence-corrected chi connectivity index (χ0v) is 16.4. The van der Waals surface area contributed by atoms with Crippen LogP contribution < -0.4 is 0 Å². The summed E-state index contributed by atoms with van der Waals surface area (Å²) >= 11 is 0. The lowest BCUT2D eigenvalue weighted by atomic mass is 10.1. The lowest BCUT2D eigenvalue weighted by Gasteiger charge is -2.12. The zero-order valence-electron chi connectivity index (χ0n) is 14.8. The molecule has 0 aliphatic carbocycles. The molecule has 1 aromatic heterocycles. The van der Waals surface area contributed by atoms with Gasteiger partial charge in [-0.05, 0) is 31.5 Å². The van der Waals surface area contributed by atoms with Crippen LogP contribution in [0.3, 0.4) is 0 Å². The van der Waals surface area contributed by atoms with E-state index in [0.717, 1.165) is 0 Å². The summed E-state index contributed by atoms with van der Waals surface area (Å²) in [7, 11) is 1.55. The van der Waals surface area contributed by atoms with E-state index in [9.17, 15) is 13.2 Å². The van der Waals surface area contributed by atoms with Gasteiger partial charge in [0.05, 0.1) is 12.3 Å². The highest BCUT2D eigenvalue weighted by atomic mass is 35.7. The molecule has 0 amide bonds. The third kappa shape index (κ3) is 3.63. The van der Waals surface area contributed by atoms with Crippen molar-refractivity contribution >= 4 is 25.7 Å². The first-order chi connectivity index (χ1) is 12.9. The molecule has 0 spiro atoms. The van der Waals surface area contributed by atoms with Crippen LogP contribution in [0, 0.1) is 6.92 Å². The summed E-state index contributed by atoms with van der Waals surface area (Å²) in [6, 6.07) is 18.2. The maximum atomic E-state index is 12.6. The third-order valence-corrected chi connectivity index (χ3v) is 5.50. The Balaban J connectivity index is 2.48. The molecule has 0 saturated carbocycles. The summed E-state index contributed by atoms with van der Waals surface area (Å²) < 4.78 is 31.8. The monoisotopic (exact) mass is 403 g/mol. The standard InChI is InChI=1S/C20H18ClNO4S/c1-3-26-20(23)17-14(2)22(16-12-8-5-9-13-16)18(19(17)27(21,24)25)15-10-6-4-7-11-15/h4-13H,3H2,1-2H3. The number of rotatable bonds is 5. The van der Waals surface area contributed by atoms with Crippen LogP contribution in [0.1, 0.15) is 23.0 Å². The predicted molar refractivity (Wildman–Crippen MR) is 105 cm³/mol. The van der Waals surface area contributed by atoms with Gasteiger partial charge in [0.1, 0.15) is 10.5 Å². The van der Waals surface area contributed by atoms with Crippen molar-refractivity contribution in [2.75, 3.05) is 6.61 Å². The lowest BCUT2D eigenvalue weighted by Crippen LogP contribution is -2.09. The highest BCUT2D eigenvalue weighted by Gasteiger charge is 2.34. The minimum atomic E-state index is -4.23. The Morgan fingerprint density at radius 2 is 1.59 bits per heavy atom. The number of nitrogens with zero attached hydrogens (tertiary/aromatic N) is 1. The smallest absolute Gasteiger partial charge is 0.341 e. The predicted octanol–water partition coefficient (Wildman–Crippen LogP) is 4.56. The summed E-state index contributed by atoms with van der Waals surface area (Å²) in [5, 5.41) is 0. The number of hydrogen-bond acceptors (Lipinski definition) is 4. The summed E-state index contributed by atoms with van der Waals surface area (Å²) in [6.07, 6.45) is 0. The molecule has 5 nitrogen and oxygen atoms in total. The molecular weight excluding hydrogens is 386 g/mol. The molecule has 1 heterocycles. The topological polar surface area (TPSA) is 65.4 Å². The van der Waals surface area contributed by atoms with Crippen LogP contribution in [0.5, 0.6) is 0 Å². The largest absolute Gasteiger partial charge is 0.462 e. The van der Waals surface area contributed by atoms with E-state index in [4.69, 9.17) is 15.4 Å². The fraction of sp³-hybridized carbons (Fsp3) is 0.150. The summed E-state index contributed by atoms with van der Waals surface area (Å²) in [5.74, 6) is -0.721. The van der Waals surface area contributed by atoms with Gasteiger partial charge in [0.2, 0.25) is 0 Å². The molecule has 7 heteroatoms. The molecule has 27 heavy (non-hydrogen) atoms. The minimum absolute atomic E-state index is 0.0467. The van der Waals surface area contributed by atoms with Crippen LogP contribution in [-0.4, -0.2) is 25.6 Å². The normalized spacial score (nSPS) is 11.4. The quantitative estimate of drug-likeness (QED) is 0.462. The molecule has 0 aliphatic heterocycles. The second kappa shape index (κ2) is 7.58. The van der Waals surface area contributed by atoms with Crippen LogP contribution in [0.25, 0.3) is 16.9 Å². The molecule has 0 atom stereocenters. The van der Waals surface area contributed by atoms with Crippen molar-refractivity contribution in [2.24, 2.45) is 0 Å². The molecule has 0 unspecified atom stereocenters. The van der Waals surface area contributed by atoms with E-state index in [1.54, 1.807) is 42.7 Å². The van der Waals surface area contributed by atoms with Gasteiger partial charge in [-0.1, -0.05) is 48.5 Å². The number of hydrogen-bond donors (Lipinski definition) is 0. The zero-order chi connectivity index (χ0) is 19.6. The molecule has 2 aromatic carbocycles. The van der Waals surface area contributed by atoms with Crippen molar-refractivity contribution in [3.05, 3.63) is 71.9 Å². The van der Waals surface area contributed by atoms with E-state index >= 15 is 0 Å². The highest BCUT2D eigenvalue weighted by Crippen LogP contribution is 2.39. The van der Waals surface area contributed by atoms with Crippen molar-refractivity contribution in [1.29, 1.82) is 0 Å². The number of carbonyl (C=O) groups excluding carboxylic acids is 1. The van der Waals surface area contributed by atoms with Crippen molar-refractivity contribution < 1.29 is 17.9 Å². The van der Waals surface area contributed by atoms with E-state index < -0.39 is 15.0 Å². The van der Waals surface area contributed by atoms with E-state index in [0.29, 0.717) is 22.6 Å². The van der Waals surface area contributed by atoms with Crippen molar-refractivity contribution in [1.82, 2.24) is 4.57 Å². The highest BCUT2D eigenvalue weighted by molar-refractivity contribution is 8.14. The molecule has 3 aromatic rings. The van der Waals surface area contributed by atoms with Gasteiger partial charge in [0, 0.05) is 22.1 Å². The van der Waals surface area contributed by atoms with Gasteiger partial charge in [-0.25, -0.2) is 13.2 Å². The fourth-order valence-corrected chi connectivity index (χ4v) is 4.47. The molecule has 0 saturated heterocycles. The first-order valence-corrected chi connectivity index (χ1v) is 10.6. The minimum Gasteiger partial charge on any atom is -0.462 e. The fourth-order valence-electron chi connectivity index (χ4n) is 3.10. The molecule has 140 valence electrons. The van der Waals surface area contributed by atoms with Gasteiger partial charge in [0.25, 0.3) is 9.05 Å². The van der Waals surface area contributed by atoms with Crippen LogP contribution in [0.2, 0.25) is 0 Å². The number of benzene rings is 2. The number of esters is 1. The van der Waals surface area contributed by atoms with E-state index in [-0.39, 0.29) is 17.1 Å². The molecule has 0 aliphatic rings. The van der Waals surface area contributed by atoms with Gasteiger partial charge in [0.15, 0.2) is 0 Å². The Morgan fingerprint density at radius 1 is 1.04 bits per heavy atom. The van der Waals surface area contributed by atoms with Crippen molar-refractivity contribution in [3.63, 3.8) is 0 Å². The van der Waals surface area contributed by atoms with Gasteiger partial charge >= 0.3 is 5.97 Å². The Hall–Kier alpha value is -2.57.